The molecule has 0 fully saturated rings. The molecule has 1 aromatic rings. The number of nitrogens with zero attached hydrogens (tertiary/aromatic N) is 1. The van der Waals surface area contributed by atoms with Gasteiger partial charge in [0.25, 0.3) is 0 Å². The molecule has 0 atom stereocenters. The van der Waals surface area contributed by atoms with Crippen LogP contribution < -0.4 is 20.1 Å². The molecule has 1 rings (SSSR count). The number of benzene rings is 1. The van der Waals surface area contributed by atoms with Crippen molar-refractivity contribution in [1.82, 2.24) is 10.6 Å². The van der Waals surface area contributed by atoms with Crippen molar-refractivity contribution < 1.29 is 9.47 Å². The van der Waals surface area contributed by atoms with Gasteiger partial charge in [0.15, 0.2) is 17.5 Å². The number of nitrogens with one attached hydrogen (secondary N) is 2. The summed E-state index contributed by atoms with van der Waals surface area (Å²) in [5.74, 6) is 2.37. The molecule has 5 nitrogen and oxygen atoms in total. The van der Waals surface area contributed by atoms with Crippen LogP contribution in [0, 0.1) is 0 Å². The van der Waals surface area contributed by atoms with E-state index < -0.39 is 0 Å². The van der Waals surface area contributed by atoms with Crippen LogP contribution in [-0.4, -0.2) is 39.8 Å². The molecule has 0 bridgehead atoms. The molecular weight excluding hydrogens is 429 g/mol. The van der Waals surface area contributed by atoms with Crippen molar-refractivity contribution >= 4 is 29.9 Å². The molecule has 0 aromatic heterocycles. The third kappa shape index (κ3) is 7.71. The van der Waals surface area contributed by atoms with Gasteiger partial charge in [0.05, 0.1) is 20.8 Å². The molecule has 6 heteroatoms. The highest BCUT2D eigenvalue weighted by molar-refractivity contribution is 14.0. The minimum Gasteiger partial charge on any atom is -0.493 e. The minimum atomic E-state index is -0.105. The lowest BCUT2D eigenvalue weighted by Crippen LogP contribution is -2.39. The molecule has 0 radical (unpaired) electrons. The summed E-state index contributed by atoms with van der Waals surface area (Å²) < 4.78 is 10.7. The van der Waals surface area contributed by atoms with E-state index >= 15 is 0 Å². The summed E-state index contributed by atoms with van der Waals surface area (Å²) in [6.45, 7) is 11.1. The molecule has 1 aromatic carbocycles. The summed E-state index contributed by atoms with van der Waals surface area (Å²) in [5, 5.41) is 6.68. The number of hydrogen-bond donors (Lipinski definition) is 2. The second-order valence-electron chi connectivity index (χ2n) is 6.43. The predicted molar refractivity (Wildman–Crippen MR) is 117 cm³/mol. The van der Waals surface area contributed by atoms with E-state index in [0.717, 1.165) is 37.0 Å². The van der Waals surface area contributed by atoms with E-state index in [1.54, 1.807) is 14.2 Å². The molecule has 0 amide bonds. The topological polar surface area (TPSA) is 54.9 Å². The lowest BCUT2D eigenvalue weighted by Gasteiger charge is -2.25. The average molecular weight is 463 g/mol. The Kier molecular flexibility index (Phi) is 11.6. The molecule has 0 unspecified atom stereocenters. The van der Waals surface area contributed by atoms with E-state index in [1.165, 1.54) is 12.0 Å². The van der Waals surface area contributed by atoms with Crippen LogP contribution >= 0.6 is 24.0 Å². The van der Waals surface area contributed by atoms with Crippen LogP contribution in [0.3, 0.4) is 0 Å². The number of methoxy groups -OCH3 is 2. The highest BCUT2D eigenvalue weighted by Gasteiger charge is 2.22. The summed E-state index contributed by atoms with van der Waals surface area (Å²) in [7, 11) is 3.31. The third-order valence-corrected chi connectivity index (χ3v) is 3.96. The van der Waals surface area contributed by atoms with Crippen molar-refractivity contribution in [3.63, 3.8) is 0 Å². The van der Waals surface area contributed by atoms with Gasteiger partial charge in [0.1, 0.15) is 0 Å². The first-order chi connectivity index (χ1) is 11.5. The molecule has 0 aliphatic rings. The fourth-order valence-corrected chi connectivity index (χ4v) is 2.35. The number of ether oxygens (including phenoxy) is 2. The maximum atomic E-state index is 5.42. The Labute approximate surface area is 170 Å². The minimum absolute atomic E-state index is 0. The van der Waals surface area contributed by atoms with Gasteiger partial charge in [-0.05, 0) is 31.0 Å². The maximum absolute atomic E-state index is 5.42. The SMILES string of the molecule is CCCCNC(=NCC(C)(C)c1ccc(OC)c(OC)c1)NCC.I. The number of hydrogen-bond acceptors (Lipinski definition) is 3. The zero-order chi connectivity index (χ0) is 18.0. The lowest BCUT2D eigenvalue weighted by molar-refractivity contribution is 0.353. The number of guanidine groups is 1. The highest BCUT2D eigenvalue weighted by Crippen LogP contribution is 2.33. The van der Waals surface area contributed by atoms with Gasteiger partial charge in [-0.2, -0.15) is 0 Å². The van der Waals surface area contributed by atoms with Crippen molar-refractivity contribution in [2.24, 2.45) is 4.99 Å². The molecule has 0 spiro atoms. The fourth-order valence-electron chi connectivity index (χ4n) is 2.35. The Morgan fingerprint density at radius 2 is 1.76 bits per heavy atom. The van der Waals surface area contributed by atoms with Gasteiger partial charge in [-0.15, -0.1) is 24.0 Å². The fraction of sp³-hybridized carbons (Fsp3) is 0.632. The van der Waals surface area contributed by atoms with Gasteiger partial charge in [-0.1, -0.05) is 33.3 Å². The predicted octanol–water partition coefficient (Wildman–Crippen LogP) is 3.95. The second-order valence-corrected chi connectivity index (χ2v) is 6.43. The Bertz CT molecular complexity index is 533. The highest BCUT2D eigenvalue weighted by atomic mass is 127. The van der Waals surface area contributed by atoms with Gasteiger partial charge in [-0.3, -0.25) is 4.99 Å². The molecule has 0 saturated carbocycles. The van der Waals surface area contributed by atoms with Crippen molar-refractivity contribution in [3.05, 3.63) is 23.8 Å². The van der Waals surface area contributed by atoms with Crippen LogP contribution in [0.5, 0.6) is 11.5 Å². The Balaban J connectivity index is 0.00000576. The number of halogens is 1. The average Bonchev–Trinajstić information content (AvgIpc) is 2.59. The summed E-state index contributed by atoms with van der Waals surface area (Å²) in [6.07, 6.45) is 2.31. The Morgan fingerprint density at radius 3 is 2.32 bits per heavy atom. The first kappa shape index (κ1) is 23.8. The van der Waals surface area contributed by atoms with Gasteiger partial charge < -0.3 is 20.1 Å². The third-order valence-electron chi connectivity index (χ3n) is 3.96. The second kappa shape index (κ2) is 12.2. The van der Waals surface area contributed by atoms with E-state index in [4.69, 9.17) is 14.5 Å². The molecule has 0 aliphatic heterocycles. The van der Waals surface area contributed by atoms with Crippen molar-refractivity contribution in [1.29, 1.82) is 0 Å². The molecular formula is C19H34IN3O2. The smallest absolute Gasteiger partial charge is 0.191 e. The van der Waals surface area contributed by atoms with Crippen LogP contribution in [-0.2, 0) is 5.41 Å². The summed E-state index contributed by atoms with van der Waals surface area (Å²) in [4.78, 5) is 4.75. The number of unbranched alkanes of at least 4 members (excludes halogenated alkanes) is 1. The normalized spacial score (nSPS) is 11.5. The summed E-state index contributed by atoms with van der Waals surface area (Å²) in [5.41, 5.74) is 1.07. The Morgan fingerprint density at radius 1 is 1.08 bits per heavy atom. The number of rotatable bonds is 9. The summed E-state index contributed by atoms with van der Waals surface area (Å²) >= 11 is 0. The van der Waals surface area contributed by atoms with Gasteiger partial charge in [0.2, 0.25) is 0 Å². The lowest BCUT2D eigenvalue weighted by atomic mass is 9.84. The van der Waals surface area contributed by atoms with E-state index in [-0.39, 0.29) is 29.4 Å². The molecule has 0 heterocycles. The van der Waals surface area contributed by atoms with Gasteiger partial charge in [0, 0.05) is 18.5 Å². The zero-order valence-corrected chi connectivity index (χ0v) is 18.8. The van der Waals surface area contributed by atoms with Gasteiger partial charge in [-0.25, -0.2) is 0 Å². The summed E-state index contributed by atoms with van der Waals surface area (Å²) in [6, 6.07) is 6.06. The zero-order valence-electron chi connectivity index (χ0n) is 16.4. The quantitative estimate of drug-likeness (QED) is 0.252. The molecule has 2 N–H and O–H groups in total. The van der Waals surface area contributed by atoms with E-state index in [0.29, 0.717) is 6.54 Å². The molecule has 25 heavy (non-hydrogen) atoms. The monoisotopic (exact) mass is 463 g/mol. The van der Waals surface area contributed by atoms with Crippen LogP contribution in [0.1, 0.15) is 46.1 Å². The molecule has 0 saturated heterocycles. The molecule has 0 aliphatic carbocycles. The van der Waals surface area contributed by atoms with E-state index in [9.17, 15) is 0 Å². The Hall–Kier alpha value is -1.18. The van der Waals surface area contributed by atoms with E-state index in [2.05, 4.69) is 44.4 Å². The van der Waals surface area contributed by atoms with Crippen LogP contribution in [0.2, 0.25) is 0 Å². The maximum Gasteiger partial charge on any atom is 0.191 e. The van der Waals surface area contributed by atoms with Crippen LogP contribution in [0.15, 0.2) is 23.2 Å². The van der Waals surface area contributed by atoms with Crippen molar-refractivity contribution in [2.45, 2.75) is 46.0 Å². The van der Waals surface area contributed by atoms with Crippen molar-refractivity contribution in [2.75, 3.05) is 33.9 Å². The first-order valence-corrected chi connectivity index (χ1v) is 8.73. The van der Waals surface area contributed by atoms with Crippen LogP contribution in [0.25, 0.3) is 0 Å². The molecule has 144 valence electrons. The largest absolute Gasteiger partial charge is 0.493 e. The standard InChI is InChI=1S/C19H33N3O2.HI/c1-7-9-12-21-18(20-8-2)22-14-19(3,4)15-10-11-16(23-5)17(13-15)24-6;/h10-11,13H,7-9,12,14H2,1-6H3,(H2,20,21,22);1H. The van der Waals surface area contributed by atoms with Gasteiger partial charge >= 0.3 is 0 Å². The van der Waals surface area contributed by atoms with E-state index in [1.807, 2.05) is 12.1 Å². The number of aliphatic imine (C=N–C) groups is 1. The van der Waals surface area contributed by atoms with Crippen molar-refractivity contribution in [3.8, 4) is 11.5 Å². The first-order valence-electron chi connectivity index (χ1n) is 8.73. The van der Waals surface area contributed by atoms with Crippen LogP contribution in [0.4, 0.5) is 0 Å².